The van der Waals surface area contributed by atoms with E-state index in [1.807, 2.05) is 42.5 Å². The van der Waals surface area contributed by atoms with Crippen LogP contribution in [0.2, 0.25) is 0 Å². The number of aromatic nitrogens is 9. The fourth-order valence-electron chi connectivity index (χ4n) is 4.61. The zero-order valence-corrected chi connectivity index (χ0v) is 28.2. The molecule has 0 atom stereocenters. The Morgan fingerprint density at radius 2 is 1.30 bits per heavy atom. The van der Waals surface area contributed by atoms with E-state index in [0.717, 1.165) is 6.42 Å². The Balaban J connectivity index is 0.000000185. The average Bonchev–Trinajstić information content (AvgIpc) is 3.89. The smallest absolute Gasteiger partial charge is 0.264 e. The molecule has 53 heavy (non-hydrogen) atoms. The number of nitrogens with zero attached hydrogens (tertiary/aromatic N) is 7. The number of anilines is 3. The van der Waals surface area contributed by atoms with E-state index in [1.54, 1.807) is 73.2 Å². The molecule has 0 unspecified atom stereocenters. The first-order valence-corrected chi connectivity index (χ1v) is 16.3. The second-order valence-electron chi connectivity index (χ2n) is 11.0. The number of nitrogens with one attached hydrogen (secondary N) is 5. The molecule has 3 amide bonds. The Morgan fingerprint density at radius 3 is 1.91 bits per heavy atom. The summed E-state index contributed by atoms with van der Waals surface area (Å²) in [6, 6.07) is 28.4. The molecule has 0 fully saturated rings. The number of carbonyl (C=O) groups excluding carboxylic acids is 3. The number of aromatic amines is 2. The third kappa shape index (κ3) is 9.98. The van der Waals surface area contributed by atoms with E-state index >= 15 is 0 Å². The zero-order valence-electron chi connectivity index (χ0n) is 28.2. The van der Waals surface area contributed by atoms with Crippen molar-refractivity contribution in [2.75, 3.05) is 22.6 Å². The van der Waals surface area contributed by atoms with Gasteiger partial charge >= 0.3 is 0 Å². The van der Waals surface area contributed by atoms with Crippen LogP contribution >= 0.6 is 0 Å². The van der Waals surface area contributed by atoms with E-state index in [0.29, 0.717) is 45.6 Å². The molecular formula is C37H32N12O4. The molecule has 0 radical (unpaired) electrons. The fraction of sp³-hybridized carbons (Fsp3) is 0.0811. The second-order valence-corrected chi connectivity index (χ2v) is 11.0. The first-order chi connectivity index (χ1) is 25.9. The molecule has 0 spiro atoms. The van der Waals surface area contributed by atoms with Gasteiger partial charge in [-0.05, 0) is 78.7 Å². The number of aryl methyl sites for hydroxylation is 1. The zero-order chi connectivity index (χ0) is 36.8. The summed E-state index contributed by atoms with van der Waals surface area (Å²) in [5, 5.41) is 21.3. The monoisotopic (exact) mass is 708 g/mol. The van der Waals surface area contributed by atoms with Crippen LogP contribution in [0.3, 0.4) is 0 Å². The van der Waals surface area contributed by atoms with Crippen molar-refractivity contribution in [3.8, 4) is 28.8 Å². The largest absolute Gasteiger partial charge is 0.484 e. The van der Waals surface area contributed by atoms with Gasteiger partial charge in [-0.3, -0.25) is 50.2 Å². The van der Waals surface area contributed by atoms with Crippen molar-refractivity contribution in [3.63, 3.8) is 0 Å². The third-order valence-electron chi connectivity index (χ3n) is 7.27. The molecule has 0 aliphatic carbocycles. The molecule has 5 N–H and O–H groups in total. The summed E-state index contributed by atoms with van der Waals surface area (Å²) in [6.07, 6.45) is 7.32. The maximum Gasteiger partial charge on any atom is 0.264 e. The first-order valence-electron chi connectivity index (χ1n) is 16.3. The molecule has 0 aliphatic heterocycles. The highest BCUT2D eigenvalue weighted by atomic mass is 16.5. The summed E-state index contributed by atoms with van der Waals surface area (Å²) in [7, 11) is 0. The molecular weight excluding hydrogens is 676 g/mol. The van der Waals surface area contributed by atoms with Crippen LogP contribution in [0.15, 0.2) is 122 Å². The van der Waals surface area contributed by atoms with Crippen molar-refractivity contribution >= 4 is 35.3 Å². The first kappa shape index (κ1) is 35.2. The maximum absolute atomic E-state index is 12.5. The van der Waals surface area contributed by atoms with Crippen LogP contribution in [0.4, 0.5) is 17.6 Å². The van der Waals surface area contributed by atoms with Crippen LogP contribution < -0.4 is 20.7 Å². The summed E-state index contributed by atoms with van der Waals surface area (Å²) in [4.78, 5) is 57.3. The van der Waals surface area contributed by atoms with Crippen LogP contribution in [0.1, 0.15) is 33.2 Å². The number of amides is 3. The van der Waals surface area contributed by atoms with Gasteiger partial charge in [0, 0.05) is 36.0 Å². The number of H-pyrrole nitrogens is 2. The lowest BCUT2D eigenvalue weighted by Gasteiger charge is -2.07. The Kier molecular flexibility index (Phi) is 11.5. The van der Waals surface area contributed by atoms with E-state index in [-0.39, 0.29) is 30.3 Å². The molecule has 5 heterocycles. The highest BCUT2D eigenvalue weighted by Gasteiger charge is 2.14. The van der Waals surface area contributed by atoms with Crippen LogP contribution in [0.25, 0.3) is 23.0 Å². The van der Waals surface area contributed by atoms with E-state index in [2.05, 4.69) is 68.2 Å². The van der Waals surface area contributed by atoms with E-state index in [4.69, 9.17) is 4.74 Å². The minimum Gasteiger partial charge on any atom is -0.484 e. The lowest BCUT2D eigenvalue weighted by molar-refractivity contribution is -0.118. The standard InChI is InChI=1S/C20H15N7O2.C17H17N5O2/c28-18(25-20-24-17(26-27-20)16-8-1-2-10-22-16)13-5-3-7-15(11-13)23-19(29)14-6-4-9-21-12-14;1-2-12-6-8-13(9-7-12)24-11-15(23)19-17-20-16(21-22-17)14-5-3-4-10-18-14/h1-12H,(H,23,29)(H2,24,25,26,27,28);3-10H,2,11H2,1H3,(H2,19,20,21,22,23). The number of hydrogen-bond acceptors (Lipinski definition) is 11. The molecule has 7 rings (SSSR count). The maximum atomic E-state index is 12.5. The van der Waals surface area contributed by atoms with Crippen LogP contribution in [-0.2, 0) is 11.2 Å². The van der Waals surface area contributed by atoms with Gasteiger partial charge in [0.15, 0.2) is 18.3 Å². The van der Waals surface area contributed by atoms with Crippen LogP contribution in [-0.4, -0.2) is 69.6 Å². The number of carbonyl (C=O) groups is 3. The van der Waals surface area contributed by atoms with Crippen molar-refractivity contribution in [1.29, 1.82) is 0 Å². The quantitative estimate of drug-likeness (QED) is 0.117. The summed E-state index contributed by atoms with van der Waals surface area (Å²) in [6.45, 7) is 1.97. The average molecular weight is 709 g/mol. The van der Waals surface area contributed by atoms with E-state index < -0.39 is 5.91 Å². The molecule has 0 saturated carbocycles. The van der Waals surface area contributed by atoms with Gasteiger partial charge in [-0.1, -0.05) is 37.3 Å². The Hall–Kier alpha value is -7.62. The van der Waals surface area contributed by atoms with Crippen molar-refractivity contribution in [2.45, 2.75) is 13.3 Å². The summed E-state index contributed by atoms with van der Waals surface area (Å²) < 4.78 is 5.44. The molecule has 0 bridgehead atoms. The predicted octanol–water partition coefficient (Wildman–Crippen LogP) is 5.21. The fourth-order valence-corrected chi connectivity index (χ4v) is 4.61. The topological polar surface area (TPSA) is 218 Å². The predicted molar refractivity (Wildman–Crippen MR) is 196 cm³/mol. The number of hydrogen-bond donors (Lipinski definition) is 5. The summed E-state index contributed by atoms with van der Waals surface area (Å²) in [5.41, 5.74) is 3.73. The number of rotatable bonds is 11. The van der Waals surface area contributed by atoms with Crippen molar-refractivity contribution in [1.82, 2.24) is 45.3 Å². The molecule has 264 valence electrons. The Labute approximate surface area is 302 Å². The highest BCUT2D eigenvalue weighted by molar-refractivity contribution is 6.06. The molecule has 0 aliphatic rings. The second kappa shape index (κ2) is 17.3. The van der Waals surface area contributed by atoms with Crippen molar-refractivity contribution in [2.24, 2.45) is 0 Å². The van der Waals surface area contributed by atoms with Crippen LogP contribution in [0.5, 0.6) is 5.75 Å². The van der Waals surface area contributed by atoms with E-state index in [9.17, 15) is 14.4 Å². The number of benzene rings is 2. The van der Waals surface area contributed by atoms with Gasteiger partial charge in [-0.25, -0.2) is 0 Å². The third-order valence-corrected chi connectivity index (χ3v) is 7.27. The molecule has 0 saturated heterocycles. The molecule has 16 heteroatoms. The van der Waals surface area contributed by atoms with Crippen LogP contribution in [0, 0.1) is 0 Å². The van der Waals surface area contributed by atoms with Gasteiger partial charge in [0.25, 0.3) is 17.7 Å². The molecule has 7 aromatic rings. The molecule has 5 aromatic heterocycles. The van der Waals surface area contributed by atoms with Gasteiger partial charge in [0.1, 0.15) is 17.1 Å². The SMILES string of the molecule is CCc1ccc(OCC(=O)Nc2n[nH]c(-c3ccccn3)n2)cc1.O=C(Nc1cccc(C(=O)Nc2n[nH]c(-c3ccccn3)n2)c1)c1cccnc1. The van der Waals surface area contributed by atoms with Gasteiger partial charge in [-0.15, -0.1) is 10.2 Å². The normalized spacial score (nSPS) is 10.4. The van der Waals surface area contributed by atoms with Crippen molar-refractivity contribution in [3.05, 3.63) is 139 Å². The summed E-state index contributed by atoms with van der Waals surface area (Å²) in [5.74, 6) is 0.831. The Bertz CT molecular complexity index is 2260. The van der Waals surface area contributed by atoms with Gasteiger partial charge in [-0.2, -0.15) is 9.97 Å². The Morgan fingerprint density at radius 1 is 0.660 bits per heavy atom. The molecule has 16 nitrogen and oxygen atoms in total. The molecule has 2 aromatic carbocycles. The lowest BCUT2D eigenvalue weighted by atomic mass is 10.2. The van der Waals surface area contributed by atoms with Gasteiger partial charge in [0.05, 0.1) is 5.56 Å². The lowest BCUT2D eigenvalue weighted by Crippen LogP contribution is -2.20. The van der Waals surface area contributed by atoms with E-state index in [1.165, 1.54) is 11.8 Å². The van der Waals surface area contributed by atoms with Crippen molar-refractivity contribution < 1.29 is 19.1 Å². The highest BCUT2D eigenvalue weighted by Crippen LogP contribution is 2.17. The number of ether oxygens (including phenoxy) is 1. The number of pyridine rings is 3. The van der Waals surface area contributed by atoms with Gasteiger partial charge in [0.2, 0.25) is 11.9 Å². The minimum atomic E-state index is -0.408. The minimum absolute atomic E-state index is 0.112. The van der Waals surface area contributed by atoms with Gasteiger partial charge < -0.3 is 10.1 Å². The summed E-state index contributed by atoms with van der Waals surface area (Å²) >= 11 is 0.